The van der Waals surface area contributed by atoms with Crippen LogP contribution in [-0.4, -0.2) is 32.4 Å². The van der Waals surface area contributed by atoms with Gasteiger partial charge in [0.1, 0.15) is 11.5 Å². The van der Waals surface area contributed by atoms with E-state index in [0.717, 1.165) is 40.4 Å². The second kappa shape index (κ2) is 11.7. The molecule has 0 amide bonds. The minimum Gasteiger partial charge on any atom is -0.468 e. The molecule has 0 saturated carbocycles. The van der Waals surface area contributed by atoms with Gasteiger partial charge in [0.05, 0.1) is 35.9 Å². The first-order chi connectivity index (χ1) is 17.0. The summed E-state index contributed by atoms with van der Waals surface area (Å²) in [5, 5.41) is 15.5. The van der Waals surface area contributed by atoms with Gasteiger partial charge < -0.3 is 14.3 Å². The van der Waals surface area contributed by atoms with Crippen LogP contribution in [0, 0.1) is 13.8 Å². The van der Waals surface area contributed by atoms with Crippen molar-refractivity contribution in [1.82, 2.24) is 14.7 Å². The van der Waals surface area contributed by atoms with E-state index in [-0.39, 0.29) is 0 Å². The number of allylic oxidation sites excluding steroid dienone is 1. The molecule has 0 spiro atoms. The Labute approximate surface area is 207 Å². The van der Waals surface area contributed by atoms with Crippen LogP contribution < -0.4 is 4.74 Å². The van der Waals surface area contributed by atoms with Crippen LogP contribution in [0.4, 0.5) is 0 Å². The van der Waals surface area contributed by atoms with Crippen molar-refractivity contribution in [2.24, 2.45) is 0 Å². The third-order valence-electron chi connectivity index (χ3n) is 5.86. The zero-order valence-electron chi connectivity index (χ0n) is 20.4. The molecule has 0 fully saturated rings. The summed E-state index contributed by atoms with van der Waals surface area (Å²) in [6, 6.07) is 21.8. The molecule has 6 nitrogen and oxygen atoms in total. The van der Waals surface area contributed by atoms with Crippen LogP contribution in [0.15, 0.2) is 90.1 Å². The molecule has 0 radical (unpaired) electrons. The number of rotatable bonds is 12. The van der Waals surface area contributed by atoms with Gasteiger partial charge in [-0.1, -0.05) is 36.4 Å². The lowest BCUT2D eigenvalue weighted by Gasteiger charge is -2.24. The van der Waals surface area contributed by atoms with E-state index in [0.29, 0.717) is 31.9 Å². The monoisotopic (exact) mass is 471 g/mol. The van der Waals surface area contributed by atoms with Gasteiger partial charge in [0, 0.05) is 13.1 Å². The highest BCUT2D eigenvalue weighted by Gasteiger charge is 2.23. The van der Waals surface area contributed by atoms with Crippen molar-refractivity contribution in [3.8, 4) is 17.3 Å². The normalized spacial score (nSPS) is 12.1. The summed E-state index contributed by atoms with van der Waals surface area (Å²) in [7, 11) is 0. The minimum atomic E-state index is -0.478. The van der Waals surface area contributed by atoms with Crippen LogP contribution in [0.3, 0.4) is 0 Å². The highest BCUT2D eigenvalue weighted by atomic mass is 16.5. The standard InChI is InChI=1S/C29H33N3O3/c1-4-5-14-25(33)19-31(20-27-16-10-17-34-27)21-28-23(3)30-32(24-12-7-6-8-13-24)29(28)35-26-15-9-11-22(2)18-26/h4,6-13,15-18,25,33H,1,5,14,19-21H2,2-3H3. The van der Waals surface area contributed by atoms with Crippen LogP contribution in [0.1, 0.15) is 35.4 Å². The van der Waals surface area contributed by atoms with Crippen molar-refractivity contribution in [2.75, 3.05) is 6.54 Å². The van der Waals surface area contributed by atoms with Crippen molar-refractivity contribution in [2.45, 2.75) is 45.9 Å². The van der Waals surface area contributed by atoms with Crippen molar-refractivity contribution in [1.29, 1.82) is 0 Å². The number of aryl methyl sites for hydroxylation is 2. The van der Waals surface area contributed by atoms with Crippen LogP contribution in [0.25, 0.3) is 5.69 Å². The quantitative estimate of drug-likeness (QED) is 0.249. The number of para-hydroxylation sites is 1. The number of nitrogens with zero attached hydrogens (tertiary/aromatic N) is 3. The Bertz CT molecular complexity index is 1220. The molecule has 2 aromatic carbocycles. The number of benzene rings is 2. The van der Waals surface area contributed by atoms with Gasteiger partial charge in [0.15, 0.2) is 0 Å². The highest BCUT2D eigenvalue weighted by molar-refractivity contribution is 5.43. The van der Waals surface area contributed by atoms with Gasteiger partial charge in [-0.25, -0.2) is 4.68 Å². The van der Waals surface area contributed by atoms with E-state index in [2.05, 4.69) is 11.5 Å². The molecule has 0 aliphatic rings. The van der Waals surface area contributed by atoms with Crippen molar-refractivity contribution in [3.05, 3.63) is 108 Å². The lowest BCUT2D eigenvalue weighted by Crippen LogP contribution is -2.32. The Balaban J connectivity index is 1.69. The molecule has 6 heteroatoms. The predicted molar refractivity (Wildman–Crippen MR) is 138 cm³/mol. The molecule has 35 heavy (non-hydrogen) atoms. The average Bonchev–Trinajstić information content (AvgIpc) is 3.47. The molecule has 0 aliphatic carbocycles. The molecule has 2 heterocycles. The zero-order valence-corrected chi connectivity index (χ0v) is 20.4. The third kappa shape index (κ3) is 6.50. The molecule has 0 bridgehead atoms. The van der Waals surface area contributed by atoms with Crippen LogP contribution in [0.5, 0.6) is 11.6 Å². The Hall–Kier alpha value is -3.61. The summed E-state index contributed by atoms with van der Waals surface area (Å²) in [4.78, 5) is 2.18. The third-order valence-corrected chi connectivity index (χ3v) is 5.86. The Kier molecular flexibility index (Phi) is 8.19. The molecular weight excluding hydrogens is 438 g/mol. The number of hydrogen-bond donors (Lipinski definition) is 1. The van der Waals surface area contributed by atoms with Gasteiger partial charge in [0.2, 0.25) is 5.88 Å². The number of aliphatic hydroxyl groups is 1. The zero-order chi connectivity index (χ0) is 24.6. The fraction of sp³-hybridized carbons (Fsp3) is 0.276. The van der Waals surface area contributed by atoms with E-state index >= 15 is 0 Å². The summed E-state index contributed by atoms with van der Waals surface area (Å²) in [5.74, 6) is 2.27. The highest BCUT2D eigenvalue weighted by Crippen LogP contribution is 2.32. The van der Waals surface area contributed by atoms with Crippen molar-refractivity contribution < 1.29 is 14.3 Å². The molecule has 0 aliphatic heterocycles. The maximum Gasteiger partial charge on any atom is 0.227 e. The summed E-state index contributed by atoms with van der Waals surface area (Å²) in [6.07, 6.45) is 4.46. The van der Waals surface area contributed by atoms with E-state index in [4.69, 9.17) is 14.3 Å². The molecular formula is C29H33N3O3. The molecule has 1 N–H and O–H groups in total. The number of aromatic nitrogens is 2. The lowest BCUT2D eigenvalue weighted by molar-refractivity contribution is 0.0939. The van der Waals surface area contributed by atoms with Crippen molar-refractivity contribution in [3.63, 3.8) is 0 Å². The predicted octanol–water partition coefficient (Wildman–Crippen LogP) is 6.20. The van der Waals surface area contributed by atoms with Crippen molar-refractivity contribution >= 4 is 0 Å². The van der Waals surface area contributed by atoms with E-state index < -0.39 is 6.10 Å². The average molecular weight is 472 g/mol. The van der Waals surface area contributed by atoms with Gasteiger partial charge >= 0.3 is 0 Å². The number of ether oxygens (including phenoxy) is 1. The first-order valence-electron chi connectivity index (χ1n) is 12.0. The molecule has 4 rings (SSSR count). The Morgan fingerprint density at radius 2 is 1.91 bits per heavy atom. The molecule has 1 unspecified atom stereocenters. The summed E-state index contributed by atoms with van der Waals surface area (Å²) in [6.45, 7) is 9.43. The second-order valence-corrected chi connectivity index (χ2v) is 8.80. The Morgan fingerprint density at radius 1 is 1.09 bits per heavy atom. The Morgan fingerprint density at radius 3 is 2.63 bits per heavy atom. The maximum atomic E-state index is 10.7. The van der Waals surface area contributed by atoms with Gasteiger partial charge in [-0.05, 0) is 68.7 Å². The SMILES string of the molecule is C=CCCC(O)CN(Cc1ccco1)Cc1c(C)nn(-c2ccccc2)c1Oc1cccc(C)c1. The van der Waals surface area contributed by atoms with E-state index in [1.807, 2.05) is 91.3 Å². The minimum absolute atomic E-state index is 0.478. The van der Waals surface area contributed by atoms with E-state index in [1.165, 1.54) is 0 Å². The van der Waals surface area contributed by atoms with Crippen LogP contribution in [-0.2, 0) is 13.1 Å². The fourth-order valence-corrected chi connectivity index (χ4v) is 4.09. The van der Waals surface area contributed by atoms with Gasteiger partial charge in [-0.15, -0.1) is 6.58 Å². The van der Waals surface area contributed by atoms with Crippen LogP contribution >= 0.6 is 0 Å². The number of furan rings is 1. The van der Waals surface area contributed by atoms with Gasteiger partial charge in [-0.3, -0.25) is 4.90 Å². The molecule has 2 aromatic heterocycles. The van der Waals surface area contributed by atoms with E-state index in [1.54, 1.807) is 6.26 Å². The van der Waals surface area contributed by atoms with Gasteiger partial charge in [0.25, 0.3) is 0 Å². The maximum absolute atomic E-state index is 10.7. The molecule has 1 atom stereocenters. The summed E-state index contributed by atoms with van der Waals surface area (Å²) in [5.41, 5.74) is 3.89. The molecule has 182 valence electrons. The number of aliphatic hydroxyl groups excluding tert-OH is 1. The van der Waals surface area contributed by atoms with Gasteiger partial charge in [-0.2, -0.15) is 5.10 Å². The smallest absolute Gasteiger partial charge is 0.227 e. The first-order valence-corrected chi connectivity index (χ1v) is 12.0. The summed E-state index contributed by atoms with van der Waals surface area (Å²) >= 11 is 0. The molecule has 4 aromatic rings. The number of hydrogen-bond acceptors (Lipinski definition) is 5. The first kappa shape index (κ1) is 24.5. The summed E-state index contributed by atoms with van der Waals surface area (Å²) < 4.78 is 13.9. The molecule has 0 saturated heterocycles. The van der Waals surface area contributed by atoms with E-state index in [9.17, 15) is 5.11 Å². The topological polar surface area (TPSA) is 63.7 Å². The largest absolute Gasteiger partial charge is 0.468 e. The second-order valence-electron chi connectivity index (χ2n) is 8.80. The fourth-order valence-electron chi connectivity index (χ4n) is 4.09. The van der Waals surface area contributed by atoms with Crippen LogP contribution in [0.2, 0.25) is 0 Å². The lowest BCUT2D eigenvalue weighted by atomic mass is 10.1.